The predicted octanol–water partition coefficient (Wildman–Crippen LogP) is 2.69. The highest BCUT2D eigenvalue weighted by Crippen LogP contribution is 2.46. The molecule has 2 fully saturated rings. The van der Waals surface area contributed by atoms with Crippen LogP contribution >= 0.6 is 0 Å². The number of carbonyl (C=O) groups excluding carboxylic acids is 1. The molecule has 2 aliphatic rings. The summed E-state index contributed by atoms with van der Waals surface area (Å²) in [6.07, 6.45) is 3.20. The molecule has 0 unspecified atom stereocenters. The number of fused-ring (bicyclic) bond motifs is 1. The zero-order chi connectivity index (χ0) is 18.9. The SMILES string of the molecule is C=[N+]=C(C(=O)O[C@]1(c2ccc(F)cc2)CN2CCCC[C@@H]21)c1ccccc1. The van der Waals surface area contributed by atoms with Gasteiger partial charge in [0.05, 0.1) is 11.6 Å². The molecule has 138 valence electrons. The summed E-state index contributed by atoms with van der Waals surface area (Å²) in [5.74, 6) is -0.796. The Labute approximate surface area is 158 Å². The summed E-state index contributed by atoms with van der Waals surface area (Å²) in [5, 5.41) is 0. The van der Waals surface area contributed by atoms with E-state index < -0.39 is 11.6 Å². The van der Waals surface area contributed by atoms with Crippen molar-refractivity contribution < 1.29 is 13.9 Å². The average Bonchev–Trinajstić information content (AvgIpc) is 2.68. The van der Waals surface area contributed by atoms with Gasteiger partial charge in [0.25, 0.3) is 6.72 Å². The first-order valence-electron chi connectivity index (χ1n) is 9.26. The number of esters is 1. The van der Waals surface area contributed by atoms with Gasteiger partial charge in [0, 0.05) is 6.54 Å². The summed E-state index contributed by atoms with van der Waals surface area (Å²) in [7, 11) is 0. The first-order chi connectivity index (χ1) is 13.1. The van der Waals surface area contributed by atoms with E-state index in [1.54, 1.807) is 12.1 Å². The number of benzene rings is 2. The second-order valence-electron chi connectivity index (χ2n) is 7.14. The van der Waals surface area contributed by atoms with Crippen LogP contribution in [0.15, 0.2) is 54.6 Å². The number of nitrogens with zero attached hydrogens (tertiary/aromatic N) is 2. The van der Waals surface area contributed by atoms with Gasteiger partial charge in [-0.05, 0) is 49.2 Å². The molecular formula is C22H22FN2O2+. The molecule has 2 aromatic carbocycles. The number of ether oxygens (including phenoxy) is 1. The zero-order valence-electron chi connectivity index (χ0n) is 15.1. The molecule has 4 nitrogen and oxygen atoms in total. The standard InChI is InChI=1S/C22H22FN2O2/c1-24-20(16-7-3-2-4-8-16)21(26)27-22(17-10-12-18(23)13-11-17)15-25-14-6-5-9-19(22)25/h2-4,7-8,10-13,19H,1,5-6,9,14-15H2/q+1/t19-,22+/m1/s1. The highest BCUT2D eigenvalue weighted by atomic mass is 19.1. The lowest BCUT2D eigenvalue weighted by Crippen LogP contribution is -2.70. The second-order valence-corrected chi connectivity index (χ2v) is 7.14. The maximum absolute atomic E-state index is 13.5. The van der Waals surface area contributed by atoms with Crippen LogP contribution in [0.25, 0.3) is 0 Å². The molecule has 4 rings (SSSR count). The van der Waals surface area contributed by atoms with Gasteiger partial charge < -0.3 is 4.74 Å². The Balaban J connectivity index is 1.67. The van der Waals surface area contributed by atoms with Gasteiger partial charge in [0.1, 0.15) is 5.82 Å². The van der Waals surface area contributed by atoms with Gasteiger partial charge in [-0.2, -0.15) is 0 Å². The number of hydrogen-bond acceptors (Lipinski definition) is 3. The minimum Gasteiger partial charge on any atom is -0.442 e. The third-order valence-electron chi connectivity index (χ3n) is 5.60. The normalized spacial score (nSPS) is 24.3. The van der Waals surface area contributed by atoms with E-state index in [4.69, 9.17) is 4.74 Å². The van der Waals surface area contributed by atoms with Crippen molar-refractivity contribution in [2.45, 2.75) is 30.9 Å². The highest BCUT2D eigenvalue weighted by molar-refractivity contribution is 6.43. The topological polar surface area (TPSA) is 43.6 Å². The van der Waals surface area contributed by atoms with Gasteiger partial charge in [-0.15, -0.1) is 0 Å². The van der Waals surface area contributed by atoms with Gasteiger partial charge >= 0.3 is 11.7 Å². The molecule has 0 saturated carbocycles. The van der Waals surface area contributed by atoms with Crippen LogP contribution in [-0.4, -0.2) is 42.4 Å². The zero-order valence-corrected chi connectivity index (χ0v) is 15.1. The van der Waals surface area contributed by atoms with Gasteiger partial charge in [-0.1, -0.05) is 41.4 Å². The molecule has 0 N–H and O–H groups in total. The van der Waals surface area contributed by atoms with Crippen LogP contribution in [0, 0.1) is 5.82 Å². The Kier molecular flexibility index (Phi) is 4.65. The van der Waals surface area contributed by atoms with Gasteiger partial charge in [-0.25, -0.2) is 9.18 Å². The van der Waals surface area contributed by atoms with Crippen molar-refractivity contribution in [1.82, 2.24) is 9.57 Å². The van der Waals surface area contributed by atoms with Crippen LogP contribution in [0.4, 0.5) is 4.39 Å². The number of carbonyl (C=O) groups is 1. The Bertz CT molecular complexity index is 890. The third-order valence-corrected chi connectivity index (χ3v) is 5.60. The number of hydrogen-bond donors (Lipinski definition) is 0. The van der Waals surface area contributed by atoms with Gasteiger partial charge in [0.15, 0.2) is 5.60 Å². The van der Waals surface area contributed by atoms with Crippen molar-refractivity contribution >= 4 is 18.4 Å². The molecular weight excluding hydrogens is 343 g/mol. The molecule has 0 amide bonds. The molecule has 0 aliphatic carbocycles. The summed E-state index contributed by atoms with van der Waals surface area (Å²) in [5.41, 5.74) is 0.936. The molecule has 2 aliphatic heterocycles. The Morgan fingerprint density at radius 2 is 1.89 bits per heavy atom. The van der Waals surface area contributed by atoms with Crippen LogP contribution in [0.5, 0.6) is 0 Å². The summed E-state index contributed by atoms with van der Waals surface area (Å²) in [4.78, 5) is 15.3. The molecule has 2 heterocycles. The van der Waals surface area contributed by atoms with E-state index in [1.807, 2.05) is 30.3 Å². The molecule has 5 heteroatoms. The fourth-order valence-electron chi connectivity index (χ4n) is 4.26. The molecule has 0 aromatic heterocycles. The van der Waals surface area contributed by atoms with Crippen molar-refractivity contribution in [3.63, 3.8) is 0 Å². The van der Waals surface area contributed by atoms with Crippen LogP contribution < -0.4 is 4.67 Å². The molecule has 2 atom stereocenters. The third kappa shape index (κ3) is 3.09. The van der Waals surface area contributed by atoms with E-state index >= 15 is 0 Å². The number of piperidine rings is 1. The number of rotatable bonds is 4. The van der Waals surface area contributed by atoms with Gasteiger partial charge in [-0.3, -0.25) is 4.90 Å². The molecule has 0 bridgehead atoms. The van der Waals surface area contributed by atoms with E-state index in [1.165, 1.54) is 12.1 Å². The van der Waals surface area contributed by atoms with Crippen LogP contribution in [-0.2, 0) is 15.1 Å². The molecule has 27 heavy (non-hydrogen) atoms. The quantitative estimate of drug-likeness (QED) is 0.475. The monoisotopic (exact) mass is 365 g/mol. The van der Waals surface area contributed by atoms with E-state index in [-0.39, 0.29) is 17.6 Å². The molecule has 2 aromatic rings. The smallest absolute Gasteiger partial charge is 0.424 e. The minimum atomic E-state index is -0.768. The highest BCUT2D eigenvalue weighted by Gasteiger charge is 2.58. The lowest BCUT2D eigenvalue weighted by molar-refractivity contribution is -0.205. The molecule has 0 radical (unpaired) electrons. The van der Waals surface area contributed by atoms with Crippen molar-refractivity contribution in [2.75, 3.05) is 13.1 Å². The predicted molar refractivity (Wildman–Crippen MR) is 103 cm³/mol. The van der Waals surface area contributed by atoms with Crippen LogP contribution in [0.3, 0.4) is 0 Å². The molecule has 2 saturated heterocycles. The summed E-state index contributed by atoms with van der Waals surface area (Å²) < 4.78 is 23.5. The summed E-state index contributed by atoms with van der Waals surface area (Å²) in [6.45, 7) is 5.17. The molecule has 0 spiro atoms. The Hall–Kier alpha value is -2.75. The minimum absolute atomic E-state index is 0.113. The van der Waals surface area contributed by atoms with Crippen LogP contribution in [0.1, 0.15) is 30.4 Å². The largest absolute Gasteiger partial charge is 0.442 e. The summed E-state index contributed by atoms with van der Waals surface area (Å²) >= 11 is 0. The first kappa shape index (κ1) is 17.7. The van der Waals surface area contributed by atoms with E-state index in [9.17, 15) is 9.18 Å². The lowest BCUT2D eigenvalue weighted by Gasteiger charge is -2.58. The van der Waals surface area contributed by atoms with E-state index in [0.29, 0.717) is 12.1 Å². The Morgan fingerprint density at radius 1 is 1.15 bits per heavy atom. The fraction of sp³-hybridized carbons (Fsp3) is 0.318. The van der Waals surface area contributed by atoms with Crippen molar-refractivity contribution in [3.8, 4) is 0 Å². The first-order valence-corrected chi connectivity index (χ1v) is 9.26. The average molecular weight is 365 g/mol. The van der Waals surface area contributed by atoms with Crippen molar-refractivity contribution in [1.29, 1.82) is 0 Å². The van der Waals surface area contributed by atoms with E-state index in [0.717, 1.165) is 31.4 Å². The number of halogens is 1. The van der Waals surface area contributed by atoms with Gasteiger partial charge in [0.2, 0.25) is 0 Å². The maximum Gasteiger partial charge on any atom is 0.424 e. The lowest BCUT2D eigenvalue weighted by atomic mass is 9.73. The Morgan fingerprint density at radius 3 is 2.56 bits per heavy atom. The van der Waals surface area contributed by atoms with Crippen molar-refractivity contribution in [2.24, 2.45) is 0 Å². The van der Waals surface area contributed by atoms with Crippen LogP contribution in [0.2, 0.25) is 0 Å². The summed E-state index contributed by atoms with van der Waals surface area (Å²) in [6, 6.07) is 15.6. The second kappa shape index (κ2) is 7.10. The van der Waals surface area contributed by atoms with Crippen molar-refractivity contribution in [3.05, 3.63) is 71.5 Å². The van der Waals surface area contributed by atoms with E-state index in [2.05, 4.69) is 16.3 Å². The maximum atomic E-state index is 13.5. The fourth-order valence-corrected chi connectivity index (χ4v) is 4.26.